The van der Waals surface area contributed by atoms with E-state index in [1.165, 1.54) is 13.1 Å². The van der Waals surface area contributed by atoms with Crippen molar-refractivity contribution in [2.24, 2.45) is 5.73 Å². The fourth-order valence-corrected chi connectivity index (χ4v) is 4.61. The molecular formula is C29H23ClFN3O2. The van der Waals surface area contributed by atoms with Gasteiger partial charge in [0.2, 0.25) is 5.91 Å². The average Bonchev–Trinajstić information content (AvgIpc) is 2.86. The summed E-state index contributed by atoms with van der Waals surface area (Å²) in [5.41, 5.74) is 10.8. The van der Waals surface area contributed by atoms with Crippen LogP contribution in [0.5, 0.6) is 11.5 Å². The van der Waals surface area contributed by atoms with E-state index in [4.69, 9.17) is 27.5 Å². The molecular weight excluding hydrogens is 477 g/mol. The molecule has 36 heavy (non-hydrogen) atoms. The van der Waals surface area contributed by atoms with Gasteiger partial charge in [0.05, 0.1) is 5.92 Å². The van der Waals surface area contributed by atoms with Gasteiger partial charge in [0.25, 0.3) is 0 Å². The molecule has 3 N–H and O–H groups in total. The van der Waals surface area contributed by atoms with Gasteiger partial charge in [-0.05, 0) is 65.6 Å². The maximum absolute atomic E-state index is 15.4. The molecule has 180 valence electrons. The van der Waals surface area contributed by atoms with Crippen molar-refractivity contribution in [3.63, 3.8) is 0 Å². The summed E-state index contributed by atoms with van der Waals surface area (Å²) in [7, 11) is 1.43. The number of nitrogens with two attached hydrogens (primary N) is 1. The number of benzene rings is 4. The van der Waals surface area contributed by atoms with Gasteiger partial charge in [-0.2, -0.15) is 0 Å². The molecule has 0 radical (unpaired) electrons. The number of carbonyl (C=O) groups is 1. The van der Waals surface area contributed by atoms with Gasteiger partial charge >= 0.3 is 0 Å². The number of fused-ring (bicyclic) bond motifs is 2. The van der Waals surface area contributed by atoms with E-state index in [-0.39, 0.29) is 5.75 Å². The molecule has 0 fully saturated rings. The van der Waals surface area contributed by atoms with Crippen LogP contribution in [-0.2, 0) is 4.79 Å². The summed E-state index contributed by atoms with van der Waals surface area (Å²) in [4.78, 5) is 14.7. The van der Waals surface area contributed by atoms with Gasteiger partial charge in [-0.3, -0.25) is 15.1 Å². The molecule has 1 unspecified atom stereocenters. The van der Waals surface area contributed by atoms with Crippen molar-refractivity contribution >= 4 is 23.5 Å². The van der Waals surface area contributed by atoms with Crippen LogP contribution in [0.3, 0.4) is 0 Å². The number of carbonyl (C=O) groups excluding carboxylic acids is 1. The van der Waals surface area contributed by atoms with Crippen LogP contribution in [0.4, 0.5) is 4.39 Å². The smallest absolute Gasteiger partial charge is 0.241 e. The third-order valence-electron chi connectivity index (χ3n) is 6.40. The van der Waals surface area contributed by atoms with E-state index < -0.39 is 23.6 Å². The number of aryl methyl sites for hydroxylation is 1. The second-order valence-electron chi connectivity index (χ2n) is 8.82. The van der Waals surface area contributed by atoms with E-state index in [2.05, 4.69) is 0 Å². The van der Waals surface area contributed by atoms with Crippen molar-refractivity contribution < 1.29 is 13.9 Å². The van der Waals surface area contributed by atoms with Crippen LogP contribution in [0.2, 0.25) is 5.02 Å². The van der Waals surface area contributed by atoms with Crippen LogP contribution in [0.1, 0.15) is 22.6 Å². The first-order valence-corrected chi connectivity index (χ1v) is 11.7. The Bertz CT molecular complexity index is 1520. The Morgan fingerprint density at radius 2 is 1.61 bits per heavy atom. The predicted molar refractivity (Wildman–Crippen MR) is 140 cm³/mol. The molecule has 1 atom stereocenters. The number of likely N-dealkylation sites (N-methyl/N-ethyl adjacent to an activating group) is 1. The number of ether oxygens (including phenoxy) is 1. The lowest BCUT2D eigenvalue weighted by Crippen LogP contribution is -2.41. The second-order valence-corrected chi connectivity index (χ2v) is 9.26. The Morgan fingerprint density at radius 3 is 2.31 bits per heavy atom. The zero-order valence-electron chi connectivity index (χ0n) is 19.7. The third-order valence-corrected chi connectivity index (χ3v) is 6.63. The molecule has 1 aliphatic rings. The highest BCUT2D eigenvalue weighted by Gasteiger charge is 2.37. The summed E-state index contributed by atoms with van der Waals surface area (Å²) in [5, 5.41) is 8.40. The summed E-state index contributed by atoms with van der Waals surface area (Å²) >= 11 is 6.20. The number of rotatable bonds is 3. The molecule has 1 amide bonds. The van der Waals surface area contributed by atoms with Gasteiger partial charge in [-0.25, -0.2) is 4.39 Å². The van der Waals surface area contributed by atoms with Crippen molar-refractivity contribution in [3.05, 3.63) is 106 Å². The Balaban J connectivity index is 1.71. The molecule has 1 aliphatic heterocycles. The maximum Gasteiger partial charge on any atom is 0.241 e. The normalized spacial score (nSPS) is 13.8. The van der Waals surface area contributed by atoms with Gasteiger partial charge < -0.3 is 10.5 Å². The molecule has 4 aromatic carbocycles. The van der Waals surface area contributed by atoms with Crippen molar-refractivity contribution in [1.29, 1.82) is 5.41 Å². The number of nitrogens with one attached hydrogen (secondary N) is 1. The van der Waals surface area contributed by atoms with E-state index >= 15 is 4.39 Å². The lowest BCUT2D eigenvalue weighted by Gasteiger charge is -2.31. The van der Waals surface area contributed by atoms with Crippen LogP contribution in [0.25, 0.3) is 22.3 Å². The lowest BCUT2D eigenvalue weighted by molar-refractivity contribution is -0.127. The Hall–Kier alpha value is -4.16. The maximum atomic E-state index is 15.4. The molecule has 1 heterocycles. The molecule has 0 saturated heterocycles. The van der Waals surface area contributed by atoms with Gasteiger partial charge in [0.1, 0.15) is 5.75 Å². The summed E-state index contributed by atoms with van der Waals surface area (Å²) < 4.78 is 21.4. The van der Waals surface area contributed by atoms with Crippen molar-refractivity contribution in [3.8, 4) is 33.8 Å². The first-order chi connectivity index (χ1) is 17.2. The number of halogens is 2. The van der Waals surface area contributed by atoms with Gasteiger partial charge in [0, 0.05) is 23.2 Å². The SMILES string of the molecule is Cc1ccc(-c2cc(F)c3c(c2)C(C(=O)N(C)C(=N)N)c2cc(-c4cccc(Cl)c4)ccc2O3)cc1. The Morgan fingerprint density at radius 1 is 0.944 bits per heavy atom. The van der Waals surface area contributed by atoms with Crippen LogP contribution in [0.15, 0.2) is 78.9 Å². The minimum Gasteiger partial charge on any atom is -0.454 e. The lowest BCUT2D eigenvalue weighted by atomic mass is 9.83. The van der Waals surface area contributed by atoms with Crippen molar-refractivity contribution in [1.82, 2.24) is 4.90 Å². The van der Waals surface area contributed by atoms with Crippen molar-refractivity contribution in [2.45, 2.75) is 12.8 Å². The van der Waals surface area contributed by atoms with Gasteiger partial charge in [-0.1, -0.05) is 59.6 Å². The highest BCUT2D eigenvalue weighted by atomic mass is 35.5. The van der Waals surface area contributed by atoms with E-state index in [0.29, 0.717) is 27.5 Å². The molecule has 4 aromatic rings. The molecule has 7 heteroatoms. The molecule has 0 bridgehead atoms. The molecule has 0 saturated carbocycles. The number of nitrogens with zero attached hydrogens (tertiary/aromatic N) is 1. The van der Waals surface area contributed by atoms with Gasteiger partial charge in [0.15, 0.2) is 17.5 Å². The zero-order valence-corrected chi connectivity index (χ0v) is 20.4. The molecule has 5 rings (SSSR count). The topological polar surface area (TPSA) is 79.4 Å². The van der Waals surface area contributed by atoms with E-state index in [1.54, 1.807) is 18.2 Å². The van der Waals surface area contributed by atoms with Crippen molar-refractivity contribution in [2.75, 3.05) is 7.05 Å². The Kier molecular flexibility index (Phi) is 5.98. The first kappa shape index (κ1) is 23.6. The van der Waals surface area contributed by atoms with E-state index in [1.807, 2.05) is 61.5 Å². The summed E-state index contributed by atoms with van der Waals surface area (Å²) in [6.07, 6.45) is 0. The summed E-state index contributed by atoms with van der Waals surface area (Å²) in [6, 6.07) is 23.7. The standard InChI is InChI=1S/C29H23ClFN3O2/c1-16-6-8-17(9-7-16)20-14-23-26(28(35)34(2)29(32)33)22-13-19(18-4-3-5-21(30)12-18)10-11-25(22)36-27(23)24(31)15-20/h3-15,26H,1-2H3,(H3,32,33). The van der Waals surface area contributed by atoms with Crippen LogP contribution < -0.4 is 10.5 Å². The predicted octanol–water partition coefficient (Wildman–Crippen LogP) is 6.71. The van der Waals surface area contributed by atoms with E-state index in [9.17, 15) is 4.79 Å². The first-order valence-electron chi connectivity index (χ1n) is 11.3. The van der Waals surface area contributed by atoms with Crippen LogP contribution in [-0.4, -0.2) is 23.8 Å². The number of guanidine groups is 1. The molecule has 0 spiro atoms. The average molecular weight is 500 g/mol. The zero-order chi connectivity index (χ0) is 25.6. The summed E-state index contributed by atoms with van der Waals surface area (Å²) in [5.74, 6) is -2.02. The number of amides is 1. The number of hydrogen-bond acceptors (Lipinski definition) is 3. The largest absolute Gasteiger partial charge is 0.454 e. The molecule has 0 aliphatic carbocycles. The minimum atomic E-state index is -0.934. The highest BCUT2D eigenvalue weighted by molar-refractivity contribution is 6.30. The van der Waals surface area contributed by atoms with E-state index in [0.717, 1.165) is 27.2 Å². The third kappa shape index (κ3) is 4.20. The summed E-state index contributed by atoms with van der Waals surface area (Å²) in [6.45, 7) is 1.98. The van der Waals surface area contributed by atoms with Crippen LogP contribution >= 0.6 is 11.6 Å². The Labute approximate surface area is 213 Å². The van der Waals surface area contributed by atoms with Gasteiger partial charge in [-0.15, -0.1) is 0 Å². The molecule has 5 nitrogen and oxygen atoms in total. The second kappa shape index (κ2) is 9.13. The number of hydrogen-bond donors (Lipinski definition) is 2. The highest BCUT2D eigenvalue weighted by Crippen LogP contribution is 2.48. The quantitative estimate of drug-likeness (QED) is 0.243. The monoisotopic (exact) mass is 499 g/mol. The van der Waals surface area contributed by atoms with Crippen LogP contribution in [0, 0.1) is 18.2 Å². The fourth-order valence-electron chi connectivity index (χ4n) is 4.42. The fraction of sp³-hybridized carbons (Fsp3) is 0.103. The minimum absolute atomic E-state index is 0.0100. The molecule has 0 aromatic heterocycles.